The number of anilines is 1. The van der Waals surface area contributed by atoms with Gasteiger partial charge < -0.3 is 14.3 Å². The highest BCUT2D eigenvalue weighted by Gasteiger charge is 2.50. The average Bonchev–Trinajstić information content (AvgIpc) is 2.59. The van der Waals surface area contributed by atoms with Crippen molar-refractivity contribution in [3.8, 4) is 11.5 Å². The highest BCUT2D eigenvalue weighted by molar-refractivity contribution is 6.30. The van der Waals surface area contributed by atoms with Crippen molar-refractivity contribution in [2.24, 2.45) is 0 Å². The molecule has 0 aromatic heterocycles. The zero-order valence-corrected chi connectivity index (χ0v) is 13.1. The van der Waals surface area contributed by atoms with Crippen LogP contribution >= 0.6 is 11.6 Å². The van der Waals surface area contributed by atoms with Crippen LogP contribution in [0.3, 0.4) is 0 Å². The monoisotopic (exact) mass is 331 g/mol. The number of carbonyl (C=O) groups excluding carboxylic acids is 2. The Labute approximate surface area is 138 Å². The first-order chi connectivity index (χ1) is 11.1. The van der Waals surface area contributed by atoms with Crippen LogP contribution in [0.4, 0.5) is 5.69 Å². The summed E-state index contributed by atoms with van der Waals surface area (Å²) >= 11 is 5.81. The molecule has 2 aromatic rings. The van der Waals surface area contributed by atoms with E-state index in [4.69, 9.17) is 21.1 Å². The second kappa shape index (κ2) is 6.30. The summed E-state index contributed by atoms with van der Waals surface area (Å²) in [5.41, 5.74) is 0.629. The van der Waals surface area contributed by atoms with E-state index in [-0.39, 0.29) is 5.91 Å². The summed E-state index contributed by atoms with van der Waals surface area (Å²) in [5.74, 6) is 0.912. The van der Waals surface area contributed by atoms with E-state index in [2.05, 4.69) is 0 Å². The fourth-order valence-electron chi connectivity index (χ4n) is 2.44. The van der Waals surface area contributed by atoms with Gasteiger partial charge in [-0.3, -0.25) is 9.69 Å². The van der Waals surface area contributed by atoms with Gasteiger partial charge in [-0.2, -0.15) is 0 Å². The number of halogens is 1. The van der Waals surface area contributed by atoms with Crippen LogP contribution in [0.5, 0.6) is 11.5 Å². The van der Waals surface area contributed by atoms with E-state index in [0.717, 1.165) is 0 Å². The number of nitrogens with zero attached hydrogens (tertiary/aromatic N) is 1. The van der Waals surface area contributed by atoms with Crippen LogP contribution in [0.2, 0.25) is 5.02 Å². The van der Waals surface area contributed by atoms with Gasteiger partial charge in [0.05, 0.1) is 7.11 Å². The molecule has 0 N–H and O–H groups in total. The number of β-lactam (4-membered cyclic amide) rings is 1. The van der Waals surface area contributed by atoms with Crippen LogP contribution in [0.1, 0.15) is 0 Å². The lowest BCUT2D eigenvalue weighted by atomic mass is 9.97. The molecule has 5 nitrogen and oxygen atoms in total. The van der Waals surface area contributed by atoms with Crippen LogP contribution in [0, 0.1) is 0 Å². The van der Waals surface area contributed by atoms with E-state index >= 15 is 0 Å². The van der Waals surface area contributed by atoms with Gasteiger partial charge in [-0.1, -0.05) is 11.6 Å². The molecule has 2 atom stereocenters. The molecular weight excluding hydrogens is 318 g/mol. The Bertz CT molecular complexity index is 714. The van der Waals surface area contributed by atoms with Crippen molar-refractivity contribution in [2.45, 2.75) is 12.1 Å². The number of hydrogen-bond donors (Lipinski definition) is 0. The highest BCUT2D eigenvalue weighted by Crippen LogP contribution is 2.31. The summed E-state index contributed by atoms with van der Waals surface area (Å²) in [6.07, 6.45) is -0.109. The molecule has 0 radical (unpaired) electrons. The maximum Gasteiger partial charge on any atom is 0.271 e. The SMILES string of the molecule is COc1ccc(N2C(=O)[C@@H](Oc3ccc(Cl)cc3)[C@H]2C=O)cc1. The molecule has 23 heavy (non-hydrogen) atoms. The van der Waals surface area contributed by atoms with Crippen molar-refractivity contribution < 1.29 is 19.1 Å². The van der Waals surface area contributed by atoms with Gasteiger partial charge in [-0.15, -0.1) is 0 Å². The second-order valence-electron chi connectivity index (χ2n) is 5.03. The summed E-state index contributed by atoms with van der Waals surface area (Å²) < 4.78 is 10.7. The van der Waals surface area contributed by atoms with Crippen LogP contribution < -0.4 is 14.4 Å². The van der Waals surface area contributed by atoms with Crippen LogP contribution in [-0.4, -0.2) is 31.4 Å². The van der Waals surface area contributed by atoms with Gasteiger partial charge in [0.2, 0.25) is 6.10 Å². The summed E-state index contributed by atoms with van der Waals surface area (Å²) in [7, 11) is 1.56. The normalized spacial score (nSPS) is 19.9. The third-order valence-corrected chi connectivity index (χ3v) is 3.91. The summed E-state index contributed by atoms with van der Waals surface area (Å²) in [5, 5.41) is 0.573. The quantitative estimate of drug-likeness (QED) is 0.624. The summed E-state index contributed by atoms with van der Waals surface area (Å²) in [4.78, 5) is 25.1. The highest BCUT2D eigenvalue weighted by atomic mass is 35.5. The second-order valence-corrected chi connectivity index (χ2v) is 5.46. The Morgan fingerprint density at radius 2 is 1.65 bits per heavy atom. The number of benzene rings is 2. The van der Waals surface area contributed by atoms with Gasteiger partial charge in [0.25, 0.3) is 5.91 Å². The largest absolute Gasteiger partial charge is 0.497 e. The number of ether oxygens (including phenoxy) is 2. The third-order valence-electron chi connectivity index (χ3n) is 3.66. The minimum Gasteiger partial charge on any atom is -0.497 e. The first-order valence-corrected chi connectivity index (χ1v) is 7.36. The lowest BCUT2D eigenvalue weighted by Gasteiger charge is -2.43. The maximum absolute atomic E-state index is 12.3. The molecule has 1 heterocycles. The van der Waals surface area contributed by atoms with Gasteiger partial charge in [0.15, 0.2) is 0 Å². The molecule has 0 spiro atoms. The zero-order chi connectivity index (χ0) is 16.4. The van der Waals surface area contributed by atoms with Crippen molar-refractivity contribution in [2.75, 3.05) is 12.0 Å². The molecule has 0 bridgehead atoms. The molecule has 0 aliphatic carbocycles. The Balaban J connectivity index is 1.76. The average molecular weight is 332 g/mol. The lowest BCUT2D eigenvalue weighted by Crippen LogP contribution is -2.68. The van der Waals surface area contributed by atoms with E-state index < -0.39 is 12.1 Å². The van der Waals surface area contributed by atoms with E-state index in [1.54, 1.807) is 55.6 Å². The number of amides is 1. The van der Waals surface area contributed by atoms with E-state index in [9.17, 15) is 9.59 Å². The molecule has 118 valence electrons. The Hall–Kier alpha value is -2.53. The molecule has 1 aliphatic rings. The molecule has 1 amide bonds. The third kappa shape index (κ3) is 2.87. The zero-order valence-electron chi connectivity index (χ0n) is 12.3. The van der Waals surface area contributed by atoms with Gasteiger partial charge in [0, 0.05) is 10.7 Å². The number of carbonyl (C=O) groups is 2. The standard InChI is InChI=1S/C17H14ClNO4/c1-22-13-8-4-12(5-9-13)19-15(10-20)16(17(19)21)23-14-6-2-11(18)3-7-14/h2-10,15-16H,1H3/t15-,16+/m1/s1. The maximum atomic E-state index is 12.3. The predicted molar refractivity (Wildman–Crippen MR) is 86.2 cm³/mol. The number of methoxy groups -OCH3 is 1. The summed E-state index contributed by atoms with van der Waals surface area (Å²) in [6, 6.07) is 12.9. The molecule has 0 saturated carbocycles. The van der Waals surface area contributed by atoms with E-state index in [0.29, 0.717) is 28.5 Å². The number of aldehydes is 1. The molecule has 1 aliphatic heterocycles. The lowest BCUT2D eigenvalue weighted by molar-refractivity contribution is -0.138. The van der Waals surface area contributed by atoms with Crippen molar-refractivity contribution in [1.82, 2.24) is 0 Å². The van der Waals surface area contributed by atoms with E-state index in [1.807, 2.05) is 0 Å². The van der Waals surface area contributed by atoms with Crippen LogP contribution in [0.25, 0.3) is 0 Å². The minimum absolute atomic E-state index is 0.262. The molecular formula is C17H14ClNO4. The Kier molecular flexibility index (Phi) is 4.21. The smallest absolute Gasteiger partial charge is 0.271 e. The molecule has 3 rings (SSSR count). The molecule has 1 fully saturated rings. The fourth-order valence-corrected chi connectivity index (χ4v) is 2.56. The Morgan fingerprint density at radius 1 is 1.04 bits per heavy atom. The van der Waals surface area contributed by atoms with Crippen LogP contribution in [-0.2, 0) is 9.59 Å². The van der Waals surface area contributed by atoms with Crippen molar-refractivity contribution >= 4 is 29.5 Å². The molecule has 0 unspecified atom stereocenters. The molecule has 6 heteroatoms. The van der Waals surface area contributed by atoms with Gasteiger partial charge >= 0.3 is 0 Å². The van der Waals surface area contributed by atoms with Crippen molar-refractivity contribution in [3.05, 3.63) is 53.6 Å². The van der Waals surface area contributed by atoms with Crippen molar-refractivity contribution in [3.63, 3.8) is 0 Å². The summed E-state index contributed by atoms with van der Waals surface area (Å²) in [6.45, 7) is 0. The van der Waals surface area contributed by atoms with Gasteiger partial charge in [0.1, 0.15) is 23.8 Å². The fraction of sp³-hybridized carbons (Fsp3) is 0.176. The Morgan fingerprint density at radius 3 is 2.22 bits per heavy atom. The first kappa shape index (κ1) is 15.4. The van der Waals surface area contributed by atoms with Gasteiger partial charge in [-0.05, 0) is 48.5 Å². The van der Waals surface area contributed by atoms with Crippen LogP contribution in [0.15, 0.2) is 48.5 Å². The van der Waals surface area contributed by atoms with Gasteiger partial charge in [-0.25, -0.2) is 0 Å². The number of rotatable bonds is 5. The molecule has 2 aromatic carbocycles. The van der Waals surface area contributed by atoms with Crippen molar-refractivity contribution in [1.29, 1.82) is 0 Å². The topological polar surface area (TPSA) is 55.8 Å². The predicted octanol–water partition coefficient (Wildman–Crippen LogP) is 2.71. The molecule has 1 saturated heterocycles. The van der Waals surface area contributed by atoms with E-state index in [1.165, 1.54) is 4.90 Å². The first-order valence-electron chi connectivity index (χ1n) is 6.98. The minimum atomic E-state index is -0.823. The number of hydrogen-bond acceptors (Lipinski definition) is 4.